The zero-order valence-corrected chi connectivity index (χ0v) is 13.0. The second kappa shape index (κ2) is 6.30. The smallest absolute Gasteiger partial charge is 0.0590 e. The molecule has 3 aliphatic rings. The number of piperazine rings is 1. The van der Waals surface area contributed by atoms with Gasteiger partial charge in [-0.05, 0) is 38.0 Å². The van der Waals surface area contributed by atoms with Gasteiger partial charge in [-0.2, -0.15) is 0 Å². The molecule has 4 heteroatoms. The van der Waals surface area contributed by atoms with Gasteiger partial charge >= 0.3 is 0 Å². The Morgan fingerprint density at radius 2 is 1.95 bits per heavy atom. The number of nitrogens with two attached hydrogens (primary N) is 1. The maximum atomic E-state index is 6.20. The van der Waals surface area contributed by atoms with Crippen molar-refractivity contribution in [3.8, 4) is 0 Å². The molecule has 0 aromatic rings. The molecule has 2 saturated heterocycles. The summed E-state index contributed by atoms with van der Waals surface area (Å²) in [7, 11) is 0. The maximum absolute atomic E-state index is 6.20. The lowest BCUT2D eigenvalue weighted by molar-refractivity contribution is -0.0826. The number of nitrogens with zero attached hydrogens (tertiary/aromatic N) is 2. The first-order chi connectivity index (χ1) is 9.75. The van der Waals surface area contributed by atoms with Crippen LogP contribution in [-0.4, -0.2) is 67.3 Å². The molecule has 2 heterocycles. The zero-order chi connectivity index (χ0) is 14.0. The Bertz CT molecular complexity index is 313. The van der Waals surface area contributed by atoms with E-state index in [0.29, 0.717) is 6.10 Å². The summed E-state index contributed by atoms with van der Waals surface area (Å²) in [6.45, 7) is 10.1. The van der Waals surface area contributed by atoms with Crippen molar-refractivity contribution < 1.29 is 4.74 Å². The van der Waals surface area contributed by atoms with E-state index in [2.05, 4.69) is 16.7 Å². The van der Waals surface area contributed by atoms with E-state index in [9.17, 15) is 0 Å². The Morgan fingerprint density at radius 3 is 2.55 bits per heavy atom. The van der Waals surface area contributed by atoms with Gasteiger partial charge in [-0.3, -0.25) is 4.90 Å². The average molecular weight is 281 g/mol. The van der Waals surface area contributed by atoms with E-state index in [-0.39, 0.29) is 5.54 Å². The quantitative estimate of drug-likeness (QED) is 0.825. The predicted molar refractivity (Wildman–Crippen MR) is 81.8 cm³/mol. The maximum Gasteiger partial charge on any atom is 0.0590 e. The highest BCUT2D eigenvalue weighted by Crippen LogP contribution is 2.33. The number of rotatable bonds is 5. The van der Waals surface area contributed by atoms with Crippen LogP contribution in [0.15, 0.2) is 0 Å². The van der Waals surface area contributed by atoms with Crippen LogP contribution in [0.1, 0.15) is 39.0 Å². The van der Waals surface area contributed by atoms with E-state index in [1.807, 2.05) is 0 Å². The summed E-state index contributed by atoms with van der Waals surface area (Å²) in [5.74, 6) is 1.01. The fraction of sp³-hybridized carbons (Fsp3) is 1.00. The largest absolute Gasteiger partial charge is 0.378 e. The summed E-state index contributed by atoms with van der Waals surface area (Å²) < 4.78 is 5.86. The number of hydrogen-bond acceptors (Lipinski definition) is 4. The van der Waals surface area contributed by atoms with Crippen LogP contribution in [0.3, 0.4) is 0 Å². The minimum Gasteiger partial charge on any atom is -0.378 e. The summed E-state index contributed by atoms with van der Waals surface area (Å²) in [5.41, 5.74) is 6.41. The van der Waals surface area contributed by atoms with Gasteiger partial charge in [-0.15, -0.1) is 0 Å². The van der Waals surface area contributed by atoms with E-state index < -0.39 is 0 Å². The minimum atomic E-state index is 0.213. The van der Waals surface area contributed by atoms with Crippen LogP contribution in [0.25, 0.3) is 0 Å². The first-order valence-electron chi connectivity index (χ1n) is 8.55. The van der Waals surface area contributed by atoms with Crippen LogP contribution in [0, 0.1) is 5.92 Å². The lowest BCUT2D eigenvalue weighted by Crippen LogP contribution is -2.63. The van der Waals surface area contributed by atoms with Crippen molar-refractivity contribution in [1.82, 2.24) is 9.80 Å². The van der Waals surface area contributed by atoms with E-state index in [4.69, 9.17) is 10.5 Å². The van der Waals surface area contributed by atoms with Crippen molar-refractivity contribution in [2.24, 2.45) is 11.7 Å². The molecule has 1 saturated carbocycles. The van der Waals surface area contributed by atoms with Gasteiger partial charge in [0.05, 0.1) is 6.10 Å². The fourth-order valence-electron chi connectivity index (χ4n) is 3.93. The molecule has 0 spiro atoms. The molecule has 1 aliphatic carbocycles. The normalized spacial score (nSPS) is 37.2. The summed E-state index contributed by atoms with van der Waals surface area (Å²) in [4.78, 5) is 5.34. The average Bonchev–Trinajstić information content (AvgIpc) is 3.32. The van der Waals surface area contributed by atoms with E-state index >= 15 is 0 Å². The van der Waals surface area contributed by atoms with Gasteiger partial charge in [0.25, 0.3) is 0 Å². The highest BCUT2D eigenvalue weighted by molar-refractivity contribution is 4.98. The molecular formula is C16H31N3O. The Kier molecular flexibility index (Phi) is 4.65. The minimum absolute atomic E-state index is 0.213. The topological polar surface area (TPSA) is 41.7 Å². The van der Waals surface area contributed by atoms with E-state index in [0.717, 1.165) is 38.3 Å². The second-order valence-corrected chi connectivity index (χ2v) is 7.01. The molecule has 2 N–H and O–H groups in total. The van der Waals surface area contributed by atoms with Gasteiger partial charge in [-0.1, -0.05) is 6.92 Å². The summed E-state index contributed by atoms with van der Waals surface area (Å²) in [5, 5.41) is 0. The fourth-order valence-corrected chi connectivity index (χ4v) is 3.93. The van der Waals surface area contributed by atoms with Gasteiger partial charge in [-0.25, -0.2) is 0 Å². The molecule has 3 fully saturated rings. The van der Waals surface area contributed by atoms with Crippen LogP contribution >= 0.6 is 0 Å². The van der Waals surface area contributed by atoms with Crippen LogP contribution in [0.5, 0.6) is 0 Å². The van der Waals surface area contributed by atoms with Gasteiger partial charge in [0.1, 0.15) is 0 Å². The van der Waals surface area contributed by atoms with Crippen molar-refractivity contribution >= 4 is 0 Å². The second-order valence-electron chi connectivity index (χ2n) is 7.01. The summed E-state index contributed by atoms with van der Waals surface area (Å²) in [6, 6.07) is 0. The van der Waals surface area contributed by atoms with Crippen LogP contribution in [0.4, 0.5) is 0 Å². The summed E-state index contributed by atoms with van der Waals surface area (Å²) in [6.07, 6.45) is 6.69. The van der Waals surface area contributed by atoms with Crippen molar-refractivity contribution in [3.63, 3.8) is 0 Å². The monoisotopic (exact) mass is 281 g/mol. The van der Waals surface area contributed by atoms with Crippen molar-refractivity contribution in [2.75, 3.05) is 45.9 Å². The molecule has 0 aromatic heterocycles. The molecule has 2 atom stereocenters. The lowest BCUT2D eigenvalue weighted by atomic mass is 9.83. The third kappa shape index (κ3) is 3.19. The van der Waals surface area contributed by atoms with E-state index in [1.54, 1.807) is 0 Å². The molecule has 0 bridgehead atoms. The number of ether oxygens (including phenoxy) is 1. The van der Waals surface area contributed by atoms with Crippen LogP contribution in [0.2, 0.25) is 0 Å². The first kappa shape index (κ1) is 14.8. The SMILES string of the molecule is CCC1CC(CN)(N2CCN(CC3CC3)CC2)CCO1. The number of hydrogen-bond donors (Lipinski definition) is 1. The molecule has 2 unspecified atom stereocenters. The highest BCUT2D eigenvalue weighted by atomic mass is 16.5. The molecule has 116 valence electrons. The van der Waals surface area contributed by atoms with Gasteiger partial charge < -0.3 is 15.4 Å². The molecule has 0 aromatic carbocycles. The summed E-state index contributed by atoms with van der Waals surface area (Å²) >= 11 is 0. The molecule has 4 nitrogen and oxygen atoms in total. The van der Waals surface area contributed by atoms with Gasteiger partial charge in [0.2, 0.25) is 0 Å². The van der Waals surface area contributed by atoms with Gasteiger partial charge in [0, 0.05) is 51.4 Å². The highest BCUT2D eigenvalue weighted by Gasteiger charge is 2.41. The Morgan fingerprint density at radius 1 is 1.20 bits per heavy atom. The molecule has 0 radical (unpaired) electrons. The molecular weight excluding hydrogens is 250 g/mol. The molecule has 3 rings (SSSR count). The van der Waals surface area contributed by atoms with Crippen molar-refractivity contribution in [2.45, 2.75) is 50.7 Å². The molecule has 0 amide bonds. The van der Waals surface area contributed by atoms with Crippen molar-refractivity contribution in [3.05, 3.63) is 0 Å². The Balaban J connectivity index is 1.56. The van der Waals surface area contributed by atoms with Crippen molar-refractivity contribution in [1.29, 1.82) is 0 Å². The molecule has 2 aliphatic heterocycles. The molecule has 20 heavy (non-hydrogen) atoms. The van der Waals surface area contributed by atoms with Crippen LogP contribution in [-0.2, 0) is 4.74 Å². The standard InChI is InChI=1S/C16H31N3O/c1-2-15-11-16(13-17,5-10-20-15)19-8-6-18(7-9-19)12-14-3-4-14/h14-15H,2-13,17H2,1H3. The van der Waals surface area contributed by atoms with Gasteiger partial charge in [0.15, 0.2) is 0 Å². The zero-order valence-electron chi connectivity index (χ0n) is 13.0. The van der Waals surface area contributed by atoms with Crippen LogP contribution < -0.4 is 5.73 Å². The third-order valence-electron chi connectivity index (χ3n) is 5.62. The lowest BCUT2D eigenvalue weighted by Gasteiger charge is -2.51. The van der Waals surface area contributed by atoms with E-state index in [1.165, 1.54) is 45.6 Å². The predicted octanol–water partition coefficient (Wildman–Crippen LogP) is 1.30. The Labute approximate surface area is 123 Å². The first-order valence-corrected chi connectivity index (χ1v) is 8.55. The Hall–Kier alpha value is -0.160. The third-order valence-corrected chi connectivity index (χ3v) is 5.62.